The second-order valence-corrected chi connectivity index (χ2v) is 7.52. The van der Waals surface area contributed by atoms with Gasteiger partial charge in [-0.25, -0.2) is 4.79 Å². The van der Waals surface area contributed by atoms with E-state index in [-0.39, 0.29) is 24.3 Å². The highest BCUT2D eigenvalue weighted by molar-refractivity contribution is 8.03. The average Bonchev–Trinajstić information content (AvgIpc) is 2.86. The maximum atomic E-state index is 11.7. The Hall–Kier alpha value is -2.49. The summed E-state index contributed by atoms with van der Waals surface area (Å²) >= 11 is 2.82. The molecule has 26 heavy (non-hydrogen) atoms. The van der Waals surface area contributed by atoms with Crippen molar-refractivity contribution in [2.24, 2.45) is 0 Å². The van der Waals surface area contributed by atoms with Gasteiger partial charge in [0.05, 0.1) is 5.03 Å². The number of ether oxygens (including phenoxy) is 2. The maximum absolute atomic E-state index is 11.7. The Morgan fingerprint density at radius 3 is 2.96 bits per heavy atom. The molecule has 0 saturated carbocycles. The number of esters is 1. The molecule has 0 aliphatic carbocycles. The Balaban J connectivity index is 1.70. The van der Waals surface area contributed by atoms with E-state index in [0.717, 1.165) is 4.90 Å². The van der Waals surface area contributed by atoms with Crippen molar-refractivity contribution < 1.29 is 14.3 Å². The summed E-state index contributed by atoms with van der Waals surface area (Å²) in [5, 5.41) is 18.4. The highest BCUT2D eigenvalue weighted by Gasteiger charge is 2.26. The molecule has 0 amide bonds. The molecule has 128 valence electrons. The third kappa shape index (κ3) is 3.69. The Morgan fingerprint density at radius 2 is 2.23 bits per heavy atom. The molecule has 2 aliphatic heterocycles. The minimum absolute atomic E-state index is 0.0428. The van der Waals surface area contributed by atoms with Crippen molar-refractivity contribution >= 4 is 43.2 Å². The van der Waals surface area contributed by atoms with Crippen molar-refractivity contribution in [1.82, 2.24) is 0 Å². The average molecular weight is 381 g/mol. The normalized spacial score (nSPS) is 19.1. The second-order valence-electron chi connectivity index (χ2n) is 5.46. The highest BCUT2D eigenvalue weighted by Crippen LogP contribution is 2.47. The summed E-state index contributed by atoms with van der Waals surface area (Å²) in [6.45, 7) is 3.91. The molecule has 0 bridgehead atoms. The lowest BCUT2D eigenvalue weighted by molar-refractivity contribution is -0.144. The van der Waals surface area contributed by atoms with Crippen molar-refractivity contribution in [2.45, 2.75) is 11.0 Å². The molecule has 1 saturated heterocycles. The summed E-state index contributed by atoms with van der Waals surface area (Å²) in [7, 11) is 5.97. The number of rotatable bonds is 3. The van der Waals surface area contributed by atoms with Gasteiger partial charge in [0.2, 0.25) is 7.98 Å². The first-order valence-corrected chi connectivity index (χ1v) is 9.51. The molecule has 1 aromatic carbocycles. The van der Waals surface area contributed by atoms with E-state index in [0.29, 0.717) is 33.5 Å². The largest absolute Gasteiger partial charge is 0.490 e. The Labute approximate surface area is 160 Å². The van der Waals surface area contributed by atoms with E-state index < -0.39 is 0 Å². The molecule has 6 nitrogen and oxygen atoms in total. The van der Waals surface area contributed by atoms with Gasteiger partial charge in [0.25, 0.3) is 0 Å². The highest BCUT2D eigenvalue weighted by atomic mass is 32.2. The van der Waals surface area contributed by atoms with Crippen LogP contribution in [0.4, 0.5) is 5.69 Å². The van der Waals surface area contributed by atoms with Gasteiger partial charge >= 0.3 is 5.97 Å². The van der Waals surface area contributed by atoms with Crippen LogP contribution in [0, 0.1) is 22.7 Å². The molecule has 2 aliphatic rings. The molecule has 2 radical (unpaired) electrons. The van der Waals surface area contributed by atoms with Crippen LogP contribution < -0.4 is 9.55 Å². The number of thioether (sulfide) groups is 2. The second kappa shape index (κ2) is 7.82. The monoisotopic (exact) mass is 381 g/mol. The molecule has 3 rings (SSSR count). The minimum atomic E-state index is -0.387. The third-order valence-electron chi connectivity index (χ3n) is 3.63. The summed E-state index contributed by atoms with van der Waals surface area (Å²) in [6, 6.07) is 8.96. The first-order valence-electron chi connectivity index (χ1n) is 7.54. The van der Waals surface area contributed by atoms with Gasteiger partial charge in [0.15, 0.2) is 5.57 Å². The van der Waals surface area contributed by atoms with Gasteiger partial charge in [-0.2, -0.15) is 22.3 Å². The van der Waals surface area contributed by atoms with Crippen LogP contribution in [0.1, 0.15) is 0 Å². The van der Waals surface area contributed by atoms with Crippen molar-refractivity contribution in [2.75, 3.05) is 22.9 Å². The van der Waals surface area contributed by atoms with Crippen LogP contribution in [0.3, 0.4) is 0 Å². The van der Waals surface area contributed by atoms with Crippen LogP contribution in [0.5, 0.6) is 5.75 Å². The van der Waals surface area contributed by atoms with Crippen molar-refractivity contribution in [3.63, 3.8) is 0 Å². The summed E-state index contributed by atoms with van der Waals surface area (Å²) in [6.07, 6.45) is -0.349. The van der Waals surface area contributed by atoms with Gasteiger partial charge < -0.3 is 14.3 Å². The maximum Gasteiger partial charge on any atom is 0.334 e. The molecule has 1 unspecified atom stereocenters. The Bertz CT molecular complexity index is 872. The zero-order chi connectivity index (χ0) is 18.7. The number of cyclic esters (lactones) is 1. The smallest absolute Gasteiger partial charge is 0.334 e. The van der Waals surface area contributed by atoms with E-state index >= 15 is 0 Å². The molecule has 9 heteroatoms. The summed E-state index contributed by atoms with van der Waals surface area (Å²) in [4.78, 5) is 13.8. The summed E-state index contributed by atoms with van der Waals surface area (Å²) in [5.74, 6) is 1.40. The van der Waals surface area contributed by atoms with E-state index in [1.807, 2.05) is 12.1 Å². The van der Waals surface area contributed by atoms with Crippen LogP contribution in [0.25, 0.3) is 0 Å². The number of nitriles is 2. The van der Waals surface area contributed by atoms with E-state index in [2.05, 4.69) is 6.58 Å². The van der Waals surface area contributed by atoms with Crippen molar-refractivity contribution in [3.8, 4) is 17.9 Å². The van der Waals surface area contributed by atoms with Crippen LogP contribution >= 0.6 is 23.5 Å². The zero-order valence-corrected chi connectivity index (χ0v) is 15.2. The molecule has 0 N–H and O–H groups in total. The number of carbonyl (C=O) groups is 1. The number of allylic oxidation sites excluding steroid dienone is 1. The fraction of sp³-hybridized carbons (Fsp3) is 0.235. The fourth-order valence-electron chi connectivity index (χ4n) is 2.33. The Kier molecular flexibility index (Phi) is 5.50. The molecule has 2 heterocycles. The topological polar surface area (TPSA) is 86.4 Å². The predicted octanol–water partition coefficient (Wildman–Crippen LogP) is 2.53. The van der Waals surface area contributed by atoms with E-state index in [1.165, 1.54) is 16.6 Å². The molecule has 1 fully saturated rings. The van der Waals surface area contributed by atoms with Gasteiger partial charge in [-0.05, 0) is 18.2 Å². The number of carbonyl (C=O) groups excluding carboxylic acids is 1. The lowest BCUT2D eigenvalue weighted by Gasteiger charge is -2.16. The molecule has 1 aromatic rings. The van der Waals surface area contributed by atoms with Gasteiger partial charge in [-0.1, -0.05) is 18.3 Å². The number of nitrogens with zero attached hydrogens (tertiary/aromatic N) is 3. The van der Waals surface area contributed by atoms with Crippen LogP contribution in [0.15, 0.2) is 45.8 Å². The summed E-state index contributed by atoms with van der Waals surface area (Å²) in [5.41, 5.74) is 1.10. The molecule has 0 spiro atoms. The lowest BCUT2D eigenvalue weighted by Crippen LogP contribution is -2.26. The number of fused-ring (bicyclic) bond motifs is 1. The first-order chi connectivity index (χ1) is 12.5. The van der Waals surface area contributed by atoms with Crippen LogP contribution in [-0.4, -0.2) is 38.2 Å². The number of hydrogen-bond acceptors (Lipinski definition) is 8. The Morgan fingerprint density at radius 1 is 1.46 bits per heavy atom. The zero-order valence-electron chi connectivity index (χ0n) is 13.6. The molecule has 1 atom stereocenters. The van der Waals surface area contributed by atoms with Gasteiger partial charge in [0.1, 0.15) is 30.6 Å². The van der Waals surface area contributed by atoms with Crippen molar-refractivity contribution in [1.29, 1.82) is 10.5 Å². The number of benzene rings is 1. The van der Waals surface area contributed by atoms with E-state index in [4.69, 9.17) is 28.0 Å². The number of anilines is 1. The standard InChI is InChI=1S/C17H12BN3O3S2/c1-10-8-25-9-13(24-17(10)22)7-23-12-2-3-14-15(4-12)26-16(21(14)18)11(5-19)6-20/h2-4,13H,1,7-9H2. The van der Waals surface area contributed by atoms with E-state index in [9.17, 15) is 4.79 Å². The van der Waals surface area contributed by atoms with Gasteiger partial charge in [0, 0.05) is 27.7 Å². The fourth-order valence-corrected chi connectivity index (χ4v) is 4.29. The minimum Gasteiger partial charge on any atom is -0.490 e. The SMILES string of the molecule is [B]N1C(=C(C#N)C#N)Sc2cc(OCC3CSCC(=C)C(=O)O3)ccc21. The van der Waals surface area contributed by atoms with E-state index in [1.54, 1.807) is 30.0 Å². The number of hydrogen-bond donors (Lipinski definition) is 0. The molecular weight excluding hydrogens is 369 g/mol. The van der Waals surface area contributed by atoms with Gasteiger partial charge in [-0.3, -0.25) is 0 Å². The first kappa shape index (κ1) is 18.3. The van der Waals surface area contributed by atoms with Crippen molar-refractivity contribution in [3.05, 3.63) is 41.0 Å². The quantitative estimate of drug-likeness (QED) is 0.342. The predicted molar refractivity (Wildman–Crippen MR) is 101 cm³/mol. The molecular formula is C17H12BN3O3S2. The van der Waals surface area contributed by atoms with Gasteiger partial charge in [-0.15, -0.1) is 0 Å². The van der Waals surface area contributed by atoms with Crippen LogP contribution in [0.2, 0.25) is 0 Å². The summed E-state index contributed by atoms with van der Waals surface area (Å²) < 4.78 is 11.1. The molecule has 0 aromatic heterocycles. The third-order valence-corrected chi connectivity index (χ3v) is 5.93. The van der Waals surface area contributed by atoms with Crippen LogP contribution in [-0.2, 0) is 9.53 Å². The lowest BCUT2D eigenvalue weighted by atomic mass is 10.2.